The number of aromatic carboxylic acids is 1. The molecule has 0 spiro atoms. The molecule has 1 aromatic rings. The second kappa shape index (κ2) is 7.01. The van der Waals surface area contributed by atoms with Crippen LogP contribution in [0.5, 0.6) is 5.75 Å². The molecule has 0 aliphatic rings. The normalized spacial score (nSPS) is 10.1. The molecule has 98 valence electrons. The molecule has 0 radical (unpaired) electrons. The summed E-state index contributed by atoms with van der Waals surface area (Å²) in [4.78, 5) is 22.5. The molecule has 0 aliphatic carbocycles. The molecular formula is C13H15ClO4. The third kappa shape index (κ3) is 4.37. The first-order valence-electron chi connectivity index (χ1n) is 5.78. The van der Waals surface area contributed by atoms with Gasteiger partial charge in [-0.05, 0) is 24.6 Å². The van der Waals surface area contributed by atoms with Crippen LogP contribution in [-0.4, -0.2) is 17.0 Å². The Labute approximate surface area is 111 Å². The van der Waals surface area contributed by atoms with Gasteiger partial charge in [0.15, 0.2) is 0 Å². The first-order valence-corrected chi connectivity index (χ1v) is 6.16. The quantitative estimate of drug-likeness (QED) is 0.488. The molecule has 0 fully saturated rings. The van der Waals surface area contributed by atoms with Crippen LogP contribution in [0.25, 0.3) is 0 Å². The Bertz CT molecular complexity index is 443. The highest BCUT2D eigenvalue weighted by molar-refractivity contribution is 6.31. The van der Waals surface area contributed by atoms with Gasteiger partial charge < -0.3 is 9.84 Å². The van der Waals surface area contributed by atoms with E-state index in [0.29, 0.717) is 0 Å². The minimum Gasteiger partial charge on any atom is -0.478 e. The second-order valence-electron chi connectivity index (χ2n) is 3.88. The number of carbonyl (C=O) groups is 2. The number of hydrogen-bond donors (Lipinski definition) is 1. The van der Waals surface area contributed by atoms with Crippen molar-refractivity contribution in [3.05, 3.63) is 28.8 Å². The van der Waals surface area contributed by atoms with Gasteiger partial charge in [0.25, 0.3) is 0 Å². The fourth-order valence-corrected chi connectivity index (χ4v) is 1.62. The zero-order valence-corrected chi connectivity index (χ0v) is 10.9. The number of unbranched alkanes of at least 4 members (excludes halogenated alkanes) is 2. The molecule has 0 bridgehead atoms. The van der Waals surface area contributed by atoms with Gasteiger partial charge in [-0.1, -0.05) is 31.4 Å². The lowest BCUT2D eigenvalue weighted by atomic mass is 10.2. The number of halogens is 1. The Balaban J connectivity index is 2.72. The molecule has 0 saturated carbocycles. The Kier molecular flexibility index (Phi) is 5.65. The number of ether oxygens (including phenoxy) is 1. The van der Waals surface area contributed by atoms with Gasteiger partial charge in [0.05, 0.1) is 0 Å². The van der Waals surface area contributed by atoms with E-state index in [1.54, 1.807) is 0 Å². The number of benzene rings is 1. The highest BCUT2D eigenvalue weighted by Gasteiger charge is 2.14. The van der Waals surface area contributed by atoms with Crippen LogP contribution in [0.2, 0.25) is 5.02 Å². The van der Waals surface area contributed by atoms with E-state index in [-0.39, 0.29) is 22.8 Å². The summed E-state index contributed by atoms with van der Waals surface area (Å²) in [6, 6.07) is 4.14. The maximum absolute atomic E-state index is 11.5. The minimum atomic E-state index is -1.17. The number of hydrogen-bond acceptors (Lipinski definition) is 3. The Hall–Kier alpha value is -1.55. The molecular weight excluding hydrogens is 256 g/mol. The molecule has 18 heavy (non-hydrogen) atoms. The summed E-state index contributed by atoms with van der Waals surface area (Å²) in [6.45, 7) is 2.03. The van der Waals surface area contributed by atoms with Crippen molar-refractivity contribution in [2.24, 2.45) is 0 Å². The van der Waals surface area contributed by atoms with Crippen molar-refractivity contribution >= 4 is 23.5 Å². The SMILES string of the molecule is CCCCCC(=O)Oc1ccc(Cl)cc1C(=O)O. The highest BCUT2D eigenvalue weighted by Crippen LogP contribution is 2.23. The molecule has 0 aromatic heterocycles. The van der Waals surface area contributed by atoms with Gasteiger partial charge in [0, 0.05) is 11.4 Å². The number of carboxylic acid groups (broad SMARTS) is 1. The van der Waals surface area contributed by atoms with Gasteiger partial charge in [-0.2, -0.15) is 0 Å². The van der Waals surface area contributed by atoms with Crippen LogP contribution >= 0.6 is 11.6 Å². The largest absolute Gasteiger partial charge is 0.478 e. The minimum absolute atomic E-state index is 0.0356. The van der Waals surface area contributed by atoms with E-state index < -0.39 is 11.9 Å². The van der Waals surface area contributed by atoms with E-state index in [9.17, 15) is 9.59 Å². The van der Waals surface area contributed by atoms with Gasteiger partial charge in [0.1, 0.15) is 11.3 Å². The summed E-state index contributed by atoms with van der Waals surface area (Å²) in [5.74, 6) is -1.56. The van der Waals surface area contributed by atoms with Crippen molar-refractivity contribution in [1.82, 2.24) is 0 Å². The number of rotatable bonds is 6. The van der Waals surface area contributed by atoms with Crippen molar-refractivity contribution in [3.63, 3.8) is 0 Å². The average molecular weight is 271 g/mol. The standard InChI is InChI=1S/C13H15ClO4/c1-2-3-4-5-12(15)18-11-7-6-9(14)8-10(11)13(16)17/h6-8H,2-5H2,1H3,(H,16,17). The van der Waals surface area contributed by atoms with Crippen LogP contribution in [0.4, 0.5) is 0 Å². The van der Waals surface area contributed by atoms with E-state index >= 15 is 0 Å². The molecule has 0 atom stereocenters. The van der Waals surface area contributed by atoms with Gasteiger partial charge in [-0.25, -0.2) is 4.79 Å². The lowest BCUT2D eigenvalue weighted by Crippen LogP contribution is -2.10. The van der Waals surface area contributed by atoms with E-state index in [2.05, 4.69) is 0 Å². The van der Waals surface area contributed by atoms with Crippen LogP contribution in [-0.2, 0) is 4.79 Å². The second-order valence-corrected chi connectivity index (χ2v) is 4.31. The lowest BCUT2D eigenvalue weighted by Gasteiger charge is -2.07. The summed E-state index contributed by atoms with van der Waals surface area (Å²) in [5.41, 5.74) is -0.105. The molecule has 0 heterocycles. The Morgan fingerprint density at radius 1 is 1.33 bits per heavy atom. The topological polar surface area (TPSA) is 63.6 Å². The maximum atomic E-state index is 11.5. The molecule has 0 saturated heterocycles. The monoisotopic (exact) mass is 270 g/mol. The van der Waals surface area contributed by atoms with E-state index in [1.807, 2.05) is 6.92 Å². The fraction of sp³-hybridized carbons (Fsp3) is 0.385. The van der Waals surface area contributed by atoms with E-state index in [1.165, 1.54) is 18.2 Å². The van der Waals surface area contributed by atoms with Crippen LogP contribution in [0.15, 0.2) is 18.2 Å². The van der Waals surface area contributed by atoms with E-state index in [0.717, 1.165) is 19.3 Å². The number of esters is 1. The summed E-state index contributed by atoms with van der Waals surface area (Å²) in [5, 5.41) is 9.26. The first kappa shape index (κ1) is 14.5. The molecule has 4 nitrogen and oxygen atoms in total. The van der Waals surface area contributed by atoms with Gasteiger partial charge >= 0.3 is 11.9 Å². The lowest BCUT2D eigenvalue weighted by molar-refractivity contribution is -0.134. The van der Waals surface area contributed by atoms with Crippen LogP contribution in [0, 0.1) is 0 Å². The zero-order valence-electron chi connectivity index (χ0n) is 10.1. The van der Waals surface area contributed by atoms with Crippen LogP contribution < -0.4 is 4.74 Å². The molecule has 1 rings (SSSR count). The fourth-order valence-electron chi connectivity index (χ4n) is 1.45. The van der Waals surface area contributed by atoms with Gasteiger partial charge in [-0.3, -0.25) is 4.79 Å². The van der Waals surface area contributed by atoms with Crippen LogP contribution in [0.3, 0.4) is 0 Å². The average Bonchev–Trinajstić information content (AvgIpc) is 2.31. The van der Waals surface area contributed by atoms with Crippen molar-refractivity contribution in [2.75, 3.05) is 0 Å². The molecule has 0 aliphatic heterocycles. The maximum Gasteiger partial charge on any atom is 0.339 e. The summed E-state index contributed by atoms with van der Waals surface area (Å²) in [6.07, 6.45) is 2.98. The third-order valence-corrected chi connectivity index (χ3v) is 2.62. The van der Waals surface area contributed by atoms with Crippen molar-refractivity contribution in [2.45, 2.75) is 32.6 Å². The molecule has 0 amide bonds. The summed E-state index contributed by atoms with van der Waals surface area (Å²) < 4.78 is 5.03. The van der Waals surface area contributed by atoms with E-state index in [4.69, 9.17) is 21.4 Å². The van der Waals surface area contributed by atoms with Gasteiger partial charge in [0.2, 0.25) is 0 Å². The third-order valence-electron chi connectivity index (χ3n) is 2.38. The van der Waals surface area contributed by atoms with Gasteiger partial charge in [-0.15, -0.1) is 0 Å². The number of carboxylic acids is 1. The molecule has 0 unspecified atom stereocenters. The van der Waals surface area contributed by atoms with Crippen molar-refractivity contribution in [3.8, 4) is 5.75 Å². The Morgan fingerprint density at radius 3 is 2.67 bits per heavy atom. The molecule has 1 N–H and O–H groups in total. The first-order chi connectivity index (χ1) is 8.54. The highest BCUT2D eigenvalue weighted by atomic mass is 35.5. The Morgan fingerprint density at radius 2 is 2.06 bits per heavy atom. The molecule has 5 heteroatoms. The summed E-state index contributed by atoms with van der Waals surface area (Å²) >= 11 is 5.70. The number of carbonyl (C=O) groups excluding carboxylic acids is 1. The predicted molar refractivity (Wildman–Crippen MR) is 68.2 cm³/mol. The predicted octanol–water partition coefficient (Wildman–Crippen LogP) is 3.52. The molecule has 1 aromatic carbocycles. The van der Waals surface area contributed by atoms with Crippen molar-refractivity contribution in [1.29, 1.82) is 0 Å². The smallest absolute Gasteiger partial charge is 0.339 e. The van der Waals surface area contributed by atoms with Crippen LogP contribution in [0.1, 0.15) is 43.0 Å². The zero-order chi connectivity index (χ0) is 13.5. The van der Waals surface area contributed by atoms with Crippen molar-refractivity contribution < 1.29 is 19.4 Å². The summed E-state index contributed by atoms with van der Waals surface area (Å²) in [7, 11) is 0.